The number of hydrogen-bond donors (Lipinski definition) is 1. The van der Waals surface area contributed by atoms with Gasteiger partial charge in [-0.05, 0) is 35.0 Å². The van der Waals surface area contributed by atoms with Gasteiger partial charge in [0, 0.05) is 57.5 Å². The fraction of sp³-hybridized carbons (Fsp3) is 0.600. The topological polar surface area (TPSA) is 47.9 Å². The number of thiophene rings is 1. The van der Waals surface area contributed by atoms with Gasteiger partial charge in [-0.3, -0.25) is 9.79 Å². The van der Waals surface area contributed by atoms with Crippen molar-refractivity contribution in [3.05, 3.63) is 20.8 Å². The Morgan fingerprint density at radius 3 is 2.55 bits per heavy atom. The van der Waals surface area contributed by atoms with E-state index in [2.05, 4.69) is 45.2 Å². The molecule has 0 spiro atoms. The van der Waals surface area contributed by atoms with Gasteiger partial charge in [-0.1, -0.05) is 0 Å². The Hall–Kier alpha value is -1.08. The van der Waals surface area contributed by atoms with Crippen LogP contribution in [0, 0.1) is 0 Å². The molecule has 1 aliphatic rings. The molecule has 0 bridgehead atoms. The van der Waals surface area contributed by atoms with Crippen LogP contribution in [0.25, 0.3) is 0 Å². The van der Waals surface area contributed by atoms with Gasteiger partial charge < -0.3 is 15.1 Å². The number of nitrogens with one attached hydrogen (secondary N) is 1. The molecule has 1 aromatic heterocycles. The van der Waals surface area contributed by atoms with Crippen LogP contribution in [0.4, 0.5) is 0 Å². The molecule has 1 aromatic rings. The monoisotopic (exact) mass is 386 g/mol. The molecule has 5 nitrogen and oxygen atoms in total. The van der Waals surface area contributed by atoms with Crippen molar-refractivity contribution in [3.8, 4) is 0 Å². The predicted octanol–water partition coefficient (Wildman–Crippen LogP) is 2.18. The minimum atomic E-state index is 0.157. The van der Waals surface area contributed by atoms with Crippen LogP contribution >= 0.6 is 27.3 Å². The molecule has 2 heterocycles. The van der Waals surface area contributed by atoms with E-state index in [0.717, 1.165) is 51.6 Å². The summed E-state index contributed by atoms with van der Waals surface area (Å²) in [6.07, 6.45) is 0.957. The molecule has 1 aliphatic heterocycles. The lowest BCUT2D eigenvalue weighted by Gasteiger charge is -2.36. The molecule has 0 aromatic carbocycles. The molecule has 7 heteroatoms. The third kappa shape index (κ3) is 4.98. The molecule has 0 radical (unpaired) electrons. The smallest absolute Gasteiger partial charge is 0.219 e. The standard InChI is InChI=1S/C15H23BrN4OS/c1-3-17-15(18-7-6-13-4-5-14(16)22-13)20-10-8-19(9-11-20)12(2)21/h4-5H,3,6-11H2,1-2H3,(H,17,18). The number of halogens is 1. The Morgan fingerprint density at radius 1 is 1.32 bits per heavy atom. The van der Waals surface area contributed by atoms with Crippen LogP contribution in [0.3, 0.4) is 0 Å². The molecule has 122 valence electrons. The highest BCUT2D eigenvalue weighted by molar-refractivity contribution is 9.11. The van der Waals surface area contributed by atoms with Crippen molar-refractivity contribution in [1.82, 2.24) is 15.1 Å². The largest absolute Gasteiger partial charge is 0.357 e. The highest BCUT2D eigenvalue weighted by atomic mass is 79.9. The number of piperazine rings is 1. The summed E-state index contributed by atoms with van der Waals surface area (Å²) in [5.74, 6) is 1.12. The fourth-order valence-corrected chi connectivity index (χ4v) is 3.89. The summed E-state index contributed by atoms with van der Waals surface area (Å²) < 4.78 is 1.17. The van der Waals surface area contributed by atoms with Crippen LogP contribution in [0.2, 0.25) is 0 Å². The summed E-state index contributed by atoms with van der Waals surface area (Å²) in [6, 6.07) is 4.22. The van der Waals surface area contributed by atoms with E-state index in [9.17, 15) is 4.79 Å². The van der Waals surface area contributed by atoms with E-state index in [-0.39, 0.29) is 5.91 Å². The van der Waals surface area contributed by atoms with Gasteiger partial charge in [0.1, 0.15) is 0 Å². The van der Waals surface area contributed by atoms with Gasteiger partial charge in [0.2, 0.25) is 5.91 Å². The Morgan fingerprint density at radius 2 is 2.00 bits per heavy atom. The second kappa shape index (κ2) is 8.53. The van der Waals surface area contributed by atoms with Gasteiger partial charge in [0.25, 0.3) is 0 Å². The first-order chi connectivity index (χ1) is 10.6. The van der Waals surface area contributed by atoms with Gasteiger partial charge in [-0.15, -0.1) is 11.3 Å². The van der Waals surface area contributed by atoms with Gasteiger partial charge in [-0.25, -0.2) is 0 Å². The van der Waals surface area contributed by atoms with E-state index >= 15 is 0 Å². The van der Waals surface area contributed by atoms with Crippen LogP contribution in [0.1, 0.15) is 18.7 Å². The number of amides is 1. The summed E-state index contributed by atoms with van der Waals surface area (Å²) in [4.78, 5) is 21.6. The first kappa shape index (κ1) is 17.3. The molecule has 1 saturated heterocycles. The average Bonchev–Trinajstić information content (AvgIpc) is 2.92. The van der Waals surface area contributed by atoms with Crippen molar-refractivity contribution >= 4 is 39.1 Å². The van der Waals surface area contributed by atoms with E-state index < -0.39 is 0 Å². The number of carbonyl (C=O) groups excluding carboxylic acids is 1. The number of guanidine groups is 1. The highest BCUT2D eigenvalue weighted by Crippen LogP contribution is 2.22. The summed E-state index contributed by atoms with van der Waals surface area (Å²) in [6.45, 7) is 8.59. The van der Waals surface area contributed by atoms with E-state index in [4.69, 9.17) is 4.99 Å². The highest BCUT2D eigenvalue weighted by Gasteiger charge is 2.20. The molecule has 0 aliphatic carbocycles. The van der Waals surface area contributed by atoms with Crippen molar-refractivity contribution in [2.75, 3.05) is 39.3 Å². The number of nitrogens with zero attached hydrogens (tertiary/aromatic N) is 3. The second-order valence-electron chi connectivity index (χ2n) is 5.18. The normalized spacial score (nSPS) is 16.0. The van der Waals surface area contributed by atoms with Gasteiger partial charge in [-0.2, -0.15) is 0 Å². The minimum absolute atomic E-state index is 0.157. The van der Waals surface area contributed by atoms with Crippen LogP contribution < -0.4 is 5.32 Å². The lowest BCUT2D eigenvalue weighted by Crippen LogP contribution is -2.53. The molecular weight excluding hydrogens is 364 g/mol. The van der Waals surface area contributed by atoms with E-state index in [1.807, 2.05) is 4.90 Å². The maximum atomic E-state index is 11.4. The third-order valence-corrected chi connectivity index (χ3v) is 5.29. The van der Waals surface area contributed by atoms with Crippen LogP contribution in [0.5, 0.6) is 0 Å². The van der Waals surface area contributed by atoms with Crippen LogP contribution in [-0.2, 0) is 11.2 Å². The Balaban J connectivity index is 1.88. The lowest BCUT2D eigenvalue weighted by molar-refractivity contribution is -0.130. The first-order valence-electron chi connectivity index (χ1n) is 7.63. The second-order valence-corrected chi connectivity index (χ2v) is 7.73. The maximum absolute atomic E-state index is 11.4. The molecule has 1 amide bonds. The van der Waals surface area contributed by atoms with Crippen molar-refractivity contribution < 1.29 is 4.79 Å². The number of aliphatic imine (C=N–C) groups is 1. The van der Waals surface area contributed by atoms with Gasteiger partial charge in [0.15, 0.2) is 5.96 Å². The summed E-state index contributed by atoms with van der Waals surface area (Å²) in [5.41, 5.74) is 0. The maximum Gasteiger partial charge on any atom is 0.219 e. The third-order valence-electron chi connectivity index (χ3n) is 3.61. The summed E-state index contributed by atoms with van der Waals surface area (Å²) >= 11 is 5.25. The molecule has 0 saturated carbocycles. The molecule has 0 unspecified atom stereocenters. The number of rotatable bonds is 4. The Labute approximate surface area is 144 Å². The predicted molar refractivity (Wildman–Crippen MR) is 95.5 cm³/mol. The number of carbonyl (C=O) groups is 1. The van der Waals surface area contributed by atoms with E-state index in [1.54, 1.807) is 18.3 Å². The van der Waals surface area contributed by atoms with E-state index in [1.165, 1.54) is 8.66 Å². The quantitative estimate of drug-likeness (QED) is 0.637. The molecule has 0 atom stereocenters. The van der Waals surface area contributed by atoms with Gasteiger partial charge >= 0.3 is 0 Å². The van der Waals surface area contributed by atoms with Gasteiger partial charge in [0.05, 0.1) is 3.79 Å². The minimum Gasteiger partial charge on any atom is -0.357 e. The van der Waals surface area contributed by atoms with Crippen molar-refractivity contribution in [2.45, 2.75) is 20.3 Å². The lowest BCUT2D eigenvalue weighted by atomic mass is 10.3. The molecule has 22 heavy (non-hydrogen) atoms. The van der Waals surface area contributed by atoms with Crippen molar-refractivity contribution in [2.24, 2.45) is 4.99 Å². The van der Waals surface area contributed by atoms with Crippen molar-refractivity contribution in [3.63, 3.8) is 0 Å². The molecule has 2 rings (SSSR count). The zero-order chi connectivity index (χ0) is 15.9. The zero-order valence-corrected chi connectivity index (χ0v) is 15.5. The Bertz CT molecular complexity index is 523. The molecular formula is C15H23BrN4OS. The fourth-order valence-electron chi connectivity index (χ4n) is 2.42. The molecule has 1 N–H and O–H groups in total. The average molecular weight is 387 g/mol. The SMILES string of the molecule is CCNC(=NCCc1ccc(Br)s1)N1CCN(C(C)=O)CC1. The van der Waals surface area contributed by atoms with Crippen LogP contribution in [-0.4, -0.2) is 60.9 Å². The van der Waals surface area contributed by atoms with Crippen molar-refractivity contribution in [1.29, 1.82) is 0 Å². The van der Waals surface area contributed by atoms with E-state index in [0.29, 0.717) is 0 Å². The number of hydrogen-bond acceptors (Lipinski definition) is 3. The summed E-state index contributed by atoms with van der Waals surface area (Å²) in [7, 11) is 0. The first-order valence-corrected chi connectivity index (χ1v) is 9.24. The van der Waals surface area contributed by atoms with Crippen LogP contribution in [0.15, 0.2) is 20.9 Å². The zero-order valence-electron chi connectivity index (χ0n) is 13.1. The molecule has 1 fully saturated rings. The summed E-state index contributed by atoms with van der Waals surface area (Å²) in [5, 5.41) is 3.35. The Kier molecular flexibility index (Phi) is 6.70.